The molecule has 0 saturated heterocycles. The monoisotopic (exact) mass is 536 g/mol. The molecule has 0 heterocycles. The number of rotatable bonds is 4. The molecular formula is C26H36Cl2SiZr. The van der Waals surface area contributed by atoms with Crippen molar-refractivity contribution in [3.05, 3.63) is 81.9 Å². The van der Waals surface area contributed by atoms with Crippen LogP contribution in [0.5, 0.6) is 0 Å². The van der Waals surface area contributed by atoms with Gasteiger partial charge in [0.1, 0.15) is 0 Å². The molecule has 162 valence electrons. The van der Waals surface area contributed by atoms with Crippen molar-refractivity contribution < 1.29 is 45.1 Å². The van der Waals surface area contributed by atoms with Crippen LogP contribution >= 0.6 is 0 Å². The molecule has 2 aliphatic carbocycles. The fraction of sp³-hybridized carbons (Fsp3) is 0.385. The molecule has 2 unspecified atom stereocenters. The summed E-state index contributed by atoms with van der Waals surface area (Å²) in [5.74, 6) is 1.23. The van der Waals surface area contributed by atoms with Crippen molar-refractivity contribution in [1.29, 1.82) is 0 Å². The minimum Gasteiger partial charge on any atom is -1.00 e. The van der Waals surface area contributed by atoms with Crippen LogP contribution < -0.4 is 24.8 Å². The smallest absolute Gasteiger partial charge is 0.0149 e. The van der Waals surface area contributed by atoms with E-state index in [1.165, 1.54) is 11.1 Å². The number of hydrogen-bond acceptors (Lipinski definition) is 0. The molecule has 0 radical (unpaired) electrons. The van der Waals surface area contributed by atoms with Crippen LogP contribution in [0.3, 0.4) is 0 Å². The predicted molar refractivity (Wildman–Crippen MR) is 127 cm³/mol. The molecule has 2 aromatic rings. The second-order valence-corrected chi connectivity index (χ2v) is 21.3. The summed E-state index contributed by atoms with van der Waals surface area (Å²) in [5, 5.41) is 0. The standard InChI is InChI=1S/2C12H13.2CH3.2ClH.H4Si.Zr/c2*1-9(2)12-7-10-5-3-4-6-11(10)8-12;;;;;;/h2*3-9H,1-2H3;2*1H3;2*1H;1H4;/q;;;;;;;+2/p-2. The molecular weight excluding hydrogens is 503 g/mol. The molecule has 4 rings (SSSR count). The van der Waals surface area contributed by atoms with Gasteiger partial charge in [-0.2, -0.15) is 0 Å². The van der Waals surface area contributed by atoms with E-state index >= 15 is 0 Å². The third-order valence-corrected chi connectivity index (χ3v) is 17.2. The molecule has 4 heteroatoms. The van der Waals surface area contributed by atoms with Gasteiger partial charge in [-0.15, -0.1) is 0 Å². The third kappa shape index (κ3) is 4.54. The van der Waals surface area contributed by atoms with Crippen LogP contribution in [-0.4, -0.2) is 11.0 Å². The molecule has 0 aliphatic heterocycles. The molecule has 2 aliphatic rings. The van der Waals surface area contributed by atoms with Crippen molar-refractivity contribution in [3.8, 4) is 0 Å². The summed E-state index contributed by atoms with van der Waals surface area (Å²) in [6.07, 6.45) is 5.03. The van der Waals surface area contributed by atoms with Crippen LogP contribution in [-0.2, 0) is 20.3 Å². The predicted octanol–water partition coefficient (Wildman–Crippen LogP) is 0.382. The Morgan fingerprint density at radius 2 is 0.967 bits per heavy atom. The number of fused-ring (bicyclic) bond motifs is 2. The van der Waals surface area contributed by atoms with Crippen molar-refractivity contribution in [1.82, 2.24) is 0 Å². The van der Waals surface area contributed by atoms with Crippen LogP contribution in [0.4, 0.5) is 0 Å². The Balaban J connectivity index is 0.00000150. The Bertz CT molecular complexity index is 868. The first-order chi connectivity index (χ1) is 12.8. The molecule has 0 spiro atoms. The van der Waals surface area contributed by atoms with Crippen molar-refractivity contribution in [2.45, 2.75) is 44.2 Å². The molecule has 2 aromatic carbocycles. The van der Waals surface area contributed by atoms with E-state index in [0.717, 1.165) is 0 Å². The van der Waals surface area contributed by atoms with E-state index in [1.54, 1.807) is 22.3 Å². The van der Waals surface area contributed by atoms with Gasteiger partial charge in [-0.05, 0) is 11.0 Å². The van der Waals surface area contributed by atoms with Gasteiger partial charge in [-0.25, -0.2) is 0 Å². The maximum Gasteiger partial charge on any atom is -0.0149 e. The van der Waals surface area contributed by atoms with E-state index < -0.39 is 20.3 Å². The van der Waals surface area contributed by atoms with Crippen molar-refractivity contribution in [2.75, 3.05) is 0 Å². The molecule has 0 bridgehead atoms. The normalized spacial score (nSPS) is 18.7. The van der Waals surface area contributed by atoms with Gasteiger partial charge >= 0.3 is 170 Å². The topological polar surface area (TPSA) is 0 Å². The second kappa shape index (κ2) is 10.5. The van der Waals surface area contributed by atoms with Crippen molar-refractivity contribution >= 4 is 23.1 Å². The number of benzene rings is 2. The molecule has 0 N–H and O–H groups in total. The summed E-state index contributed by atoms with van der Waals surface area (Å²) in [4.78, 5) is 0. The summed E-state index contributed by atoms with van der Waals surface area (Å²) >= 11 is -2.67. The van der Waals surface area contributed by atoms with Crippen molar-refractivity contribution in [2.24, 2.45) is 11.8 Å². The van der Waals surface area contributed by atoms with Gasteiger partial charge in [0, 0.05) is 0 Å². The van der Waals surface area contributed by atoms with E-state index in [0.29, 0.717) is 19.1 Å². The van der Waals surface area contributed by atoms with Crippen LogP contribution in [0.1, 0.15) is 57.2 Å². The fourth-order valence-corrected chi connectivity index (χ4v) is 17.8. The summed E-state index contributed by atoms with van der Waals surface area (Å²) in [6.45, 7) is 9.53. The first kappa shape index (κ1) is 27.6. The minimum absolute atomic E-state index is 0. The van der Waals surface area contributed by atoms with Gasteiger partial charge in [0.15, 0.2) is 0 Å². The Hall–Kier alpha value is -0.400. The fourth-order valence-electron chi connectivity index (χ4n) is 5.52. The third-order valence-electron chi connectivity index (χ3n) is 6.75. The van der Waals surface area contributed by atoms with Gasteiger partial charge in [-0.1, -0.05) is 0 Å². The maximum atomic E-state index is 2.71. The Morgan fingerprint density at radius 1 is 0.633 bits per heavy atom. The van der Waals surface area contributed by atoms with E-state index in [2.05, 4.69) is 97.6 Å². The largest absolute Gasteiger partial charge is 1.00 e. The Kier molecular flexibility index (Phi) is 9.65. The Morgan fingerprint density at radius 3 is 1.30 bits per heavy atom. The molecule has 0 amide bonds. The molecule has 0 saturated carbocycles. The number of halogens is 2. The van der Waals surface area contributed by atoms with E-state index in [9.17, 15) is 0 Å². The molecule has 0 fully saturated rings. The molecule has 0 nitrogen and oxygen atoms in total. The quantitative estimate of drug-likeness (QED) is 0.494. The van der Waals surface area contributed by atoms with Gasteiger partial charge in [0.2, 0.25) is 0 Å². The average molecular weight is 539 g/mol. The minimum atomic E-state index is -2.67. The summed E-state index contributed by atoms with van der Waals surface area (Å²) < 4.78 is 6.77. The Labute approximate surface area is 204 Å². The zero-order valence-electron chi connectivity index (χ0n) is 18.3. The first-order valence-electron chi connectivity index (χ1n) is 10.4. The van der Waals surface area contributed by atoms with Gasteiger partial charge in [-0.3, -0.25) is 0 Å². The molecule has 2 atom stereocenters. The van der Waals surface area contributed by atoms with Crippen LogP contribution in [0.25, 0.3) is 12.2 Å². The summed E-state index contributed by atoms with van der Waals surface area (Å²) in [6, 6.07) is 18.3. The van der Waals surface area contributed by atoms with E-state index in [4.69, 9.17) is 0 Å². The average Bonchev–Trinajstić information content (AvgIpc) is 3.21. The zero-order chi connectivity index (χ0) is 19.3. The SMILES string of the molecule is CC(C)C1=Cc2ccccc2[CH]1[Zr+2]([CH3])([CH3])[CH]1C(C(C)C)=Cc2ccccc21.[Cl-].[Cl-].[SiH4]. The van der Waals surface area contributed by atoms with E-state index in [-0.39, 0.29) is 35.8 Å². The van der Waals surface area contributed by atoms with Gasteiger partial charge in [0.25, 0.3) is 0 Å². The number of allylic oxidation sites excluding steroid dienone is 2. The first-order valence-corrected chi connectivity index (χ1v) is 18.2. The van der Waals surface area contributed by atoms with Gasteiger partial charge < -0.3 is 24.8 Å². The van der Waals surface area contributed by atoms with Crippen LogP contribution in [0, 0.1) is 11.8 Å². The second-order valence-electron chi connectivity index (χ2n) is 9.54. The maximum absolute atomic E-state index is 2.71. The molecule has 0 aromatic heterocycles. The van der Waals surface area contributed by atoms with E-state index in [1.807, 2.05) is 0 Å². The van der Waals surface area contributed by atoms with Crippen molar-refractivity contribution in [3.63, 3.8) is 0 Å². The van der Waals surface area contributed by atoms with Gasteiger partial charge in [0.05, 0.1) is 0 Å². The number of hydrogen-bond donors (Lipinski definition) is 0. The van der Waals surface area contributed by atoms with Crippen LogP contribution in [0.15, 0.2) is 59.7 Å². The summed E-state index contributed by atoms with van der Waals surface area (Å²) in [5.41, 5.74) is 9.52. The summed E-state index contributed by atoms with van der Waals surface area (Å²) in [7, 11) is 0. The van der Waals surface area contributed by atoms with Crippen LogP contribution in [0.2, 0.25) is 9.26 Å². The zero-order valence-corrected chi connectivity index (χ0v) is 22.3. The molecule has 30 heavy (non-hydrogen) atoms.